The van der Waals surface area contributed by atoms with Crippen LogP contribution < -0.4 is 0 Å². The topological polar surface area (TPSA) is 63.6 Å². The summed E-state index contributed by atoms with van der Waals surface area (Å²) in [5.41, 5.74) is 0. The zero-order chi connectivity index (χ0) is 12.6. The average Bonchev–Trinajstić information content (AvgIpc) is 2.84. The van der Waals surface area contributed by atoms with E-state index in [-0.39, 0.29) is 11.8 Å². The summed E-state index contributed by atoms with van der Waals surface area (Å²) in [6.45, 7) is -0.945. The van der Waals surface area contributed by atoms with E-state index in [9.17, 15) is 18.4 Å². The van der Waals surface area contributed by atoms with Crippen molar-refractivity contribution in [2.24, 2.45) is 23.7 Å². The molecule has 2 fully saturated rings. The predicted octanol–water partition coefficient (Wildman–Crippen LogP) is 1.54. The number of carboxylic acid groups (broad SMARTS) is 1. The van der Waals surface area contributed by atoms with Gasteiger partial charge in [-0.3, -0.25) is 9.59 Å². The fourth-order valence-corrected chi connectivity index (χ4v) is 3.23. The average molecular weight is 248 g/mol. The first kappa shape index (κ1) is 12.3. The molecule has 1 N–H and O–H groups in total. The molecule has 2 bridgehead atoms. The van der Waals surface area contributed by atoms with Gasteiger partial charge in [0.2, 0.25) is 0 Å². The van der Waals surface area contributed by atoms with Gasteiger partial charge in [-0.25, -0.2) is 8.78 Å². The minimum absolute atomic E-state index is 0.00148. The number of esters is 1. The summed E-state index contributed by atoms with van der Waals surface area (Å²) >= 11 is 0. The van der Waals surface area contributed by atoms with Crippen molar-refractivity contribution in [3.63, 3.8) is 0 Å². The fraction of sp³-hybridized carbons (Fsp3) is 0.818. The van der Waals surface area contributed by atoms with Crippen molar-refractivity contribution < 1.29 is 28.2 Å². The van der Waals surface area contributed by atoms with Crippen molar-refractivity contribution in [3.05, 3.63) is 0 Å². The molecule has 0 amide bonds. The first-order chi connectivity index (χ1) is 8.00. The smallest absolute Gasteiger partial charge is 0.310 e. The lowest BCUT2D eigenvalue weighted by atomic mass is 9.79. The minimum atomic E-state index is -2.71. The number of hydrogen-bond donors (Lipinski definition) is 1. The Morgan fingerprint density at radius 1 is 1.24 bits per heavy atom. The summed E-state index contributed by atoms with van der Waals surface area (Å²) in [5.74, 6) is -3.28. The Morgan fingerprint density at radius 3 is 2.35 bits per heavy atom. The third kappa shape index (κ3) is 2.25. The van der Waals surface area contributed by atoms with Gasteiger partial charge in [0.1, 0.15) is 0 Å². The van der Waals surface area contributed by atoms with Crippen LogP contribution in [-0.4, -0.2) is 30.1 Å². The third-order valence-corrected chi connectivity index (χ3v) is 3.83. The highest BCUT2D eigenvalue weighted by atomic mass is 19.3. The van der Waals surface area contributed by atoms with Crippen LogP contribution in [0.1, 0.15) is 19.3 Å². The van der Waals surface area contributed by atoms with E-state index >= 15 is 0 Å². The molecule has 6 heteroatoms. The molecule has 2 aliphatic rings. The Labute approximate surface area is 96.9 Å². The second-order valence-corrected chi connectivity index (χ2v) is 4.74. The SMILES string of the molecule is O=C(O)C1C2CCC(C2)C1C(=O)OCC(F)F. The van der Waals surface area contributed by atoms with Gasteiger partial charge in [0.05, 0.1) is 11.8 Å². The van der Waals surface area contributed by atoms with Crippen molar-refractivity contribution in [3.8, 4) is 0 Å². The number of aliphatic carboxylic acids is 1. The molecule has 0 aromatic carbocycles. The van der Waals surface area contributed by atoms with Crippen molar-refractivity contribution in [2.45, 2.75) is 25.7 Å². The zero-order valence-corrected chi connectivity index (χ0v) is 9.14. The van der Waals surface area contributed by atoms with Crippen LogP contribution in [-0.2, 0) is 14.3 Å². The van der Waals surface area contributed by atoms with Crippen molar-refractivity contribution in [1.29, 1.82) is 0 Å². The number of rotatable bonds is 4. The Morgan fingerprint density at radius 2 is 1.82 bits per heavy atom. The molecule has 4 unspecified atom stereocenters. The number of halogens is 2. The van der Waals surface area contributed by atoms with Gasteiger partial charge in [-0.1, -0.05) is 0 Å². The Hall–Kier alpha value is -1.20. The summed E-state index contributed by atoms with van der Waals surface area (Å²) < 4.78 is 28.3. The maximum atomic E-state index is 11.9. The van der Waals surface area contributed by atoms with E-state index in [0.717, 1.165) is 12.8 Å². The quantitative estimate of drug-likeness (QED) is 0.766. The number of carbonyl (C=O) groups is 2. The molecule has 2 rings (SSSR count). The maximum Gasteiger partial charge on any atom is 0.310 e. The molecule has 2 aliphatic carbocycles. The largest absolute Gasteiger partial charge is 0.481 e. The number of carbonyl (C=O) groups excluding carboxylic acids is 1. The maximum absolute atomic E-state index is 11.9. The van der Waals surface area contributed by atoms with E-state index < -0.39 is 36.8 Å². The summed E-state index contributed by atoms with van der Waals surface area (Å²) in [7, 11) is 0. The fourth-order valence-electron chi connectivity index (χ4n) is 3.23. The van der Waals surface area contributed by atoms with E-state index in [2.05, 4.69) is 4.74 Å². The lowest BCUT2D eigenvalue weighted by molar-refractivity contribution is -0.162. The van der Waals surface area contributed by atoms with E-state index in [0.29, 0.717) is 6.42 Å². The highest BCUT2D eigenvalue weighted by molar-refractivity contribution is 5.82. The third-order valence-electron chi connectivity index (χ3n) is 3.83. The zero-order valence-electron chi connectivity index (χ0n) is 9.14. The van der Waals surface area contributed by atoms with Crippen LogP contribution in [0, 0.1) is 23.7 Å². The number of hydrogen-bond acceptors (Lipinski definition) is 3. The van der Waals surface area contributed by atoms with E-state index in [1.807, 2.05) is 0 Å². The summed E-state index contributed by atoms with van der Waals surface area (Å²) in [6.07, 6.45) is -0.407. The van der Waals surface area contributed by atoms with Crippen LogP contribution in [0.25, 0.3) is 0 Å². The molecule has 0 spiro atoms. The Balaban J connectivity index is 2.03. The molecule has 4 nitrogen and oxygen atoms in total. The first-order valence-electron chi connectivity index (χ1n) is 5.68. The van der Waals surface area contributed by atoms with Gasteiger partial charge in [0, 0.05) is 0 Å². The van der Waals surface area contributed by atoms with E-state index in [1.165, 1.54) is 0 Å². The van der Waals surface area contributed by atoms with Crippen LogP contribution in [0.3, 0.4) is 0 Å². The number of alkyl halides is 2. The van der Waals surface area contributed by atoms with Crippen LogP contribution >= 0.6 is 0 Å². The van der Waals surface area contributed by atoms with Gasteiger partial charge in [-0.2, -0.15) is 0 Å². The molecule has 4 atom stereocenters. The van der Waals surface area contributed by atoms with Gasteiger partial charge < -0.3 is 9.84 Å². The number of carboxylic acids is 1. The highest BCUT2D eigenvalue weighted by Crippen LogP contribution is 2.52. The van der Waals surface area contributed by atoms with E-state index in [4.69, 9.17) is 5.11 Å². The van der Waals surface area contributed by atoms with Crippen molar-refractivity contribution in [2.75, 3.05) is 6.61 Å². The Kier molecular flexibility index (Phi) is 3.31. The standard InChI is InChI=1S/C11H14F2O4/c12-7(13)4-17-11(16)9-6-2-1-5(3-6)8(9)10(14)15/h5-9H,1-4H2,(H,14,15). The first-order valence-corrected chi connectivity index (χ1v) is 5.68. The number of fused-ring (bicyclic) bond motifs is 2. The minimum Gasteiger partial charge on any atom is -0.481 e. The monoisotopic (exact) mass is 248 g/mol. The molecule has 0 aromatic rings. The molecule has 0 aromatic heterocycles. The molecule has 17 heavy (non-hydrogen) atoms. The Bertz CT molecular complexity index is 331. The summed E-state index contributed by atoms with van der Waals surface area (Å²) in [5, 5.41) is 9.08. The predicted molar refractivity (Wildman–Crippen MR) is 52.4 cm³/mol. The second kappa shape index (κ2) is 4.58. The van der Waals surface area contributed by atoms with Gasteiger partial charge in [0.25, 0.3) is 6.43 Å². The normalized spacial score (nSPS) is 35.2. The molecule has 96 valence electrons. The van der Waals surface area contributed by atoms with Crippen molar-refractivity contribution in [1.82, 2.24) is 0 Å². The number of ether oxygens (including phenoxy) is 1. The van der Waals surface area contributed by atoms with Gasteiger partial charge >= 0.3 is 11.9 Å². The second-order valence-electron chi connectivity index (χ2n) is 4.74. The van der Waals surface area contributed by atoms with Crippen molar-refractivity contribution >= 4 is 11.9 Å². The van der Waals surface area contributed by atoms with Crippen LogP contribution in [0.15, 0.2) is 0 Å². The van der Waals surface area contributed by atoms with E-state index in [1.54, 1.807) is 0 Å². The lowest BCUT2D eigenvalue weighted by Crippen LogP contribution is -2.36. The molecule has 0 aliphatic heterocycles. The molecule has 0 radical (unpaired) electrons. The van der Waals surface area contributed by atoms with Gasteiger partial charge in [-0.15, -0.1) is 0 Å². The lowest BCUT2D eigenvalue weighted by Gasteiger charge is -2.26. The molecule has 0 saturated heterocycles. The summed E-state index contributed by atoms with van der Waals surface area (Å²) in [4.78, 5) is 22.7. The van der Waals surface area contributed by atoms with Crippen LogP contribution in [0.5, 0.6) is 0 Å². The molecule has 0 heterocycles. The van der Waals surface area contributed by atoms with Gasteiger partial charge in [-0.05, 0) is 31.1 Å². The van der Waals surface area contributed by atoms with Crippen LogP contribution in [0.2, 0.25) is 0 Å². The van der Waals surface area contributed by atoms with Gasteiger partial charge in [0.15, 0.2) is 6.61 Å². The molecular formula is C11H14F2O4. The summed E-state index contributed by atoms with van der Waals surface area (Å²) in [6, 6.07) is 0. The molecule has 2 saturated carbocycles. The molecular weight excluding hydrogens is 234 g/mol. The van der Waals surface area contributed by atoms with Crippen LogP contribution in [0.4, 0.5) is 8.78 Å². The highest BCUT2D eigenvalue weighted by Gasteiger charge is 2.54.